The molecule has 0 radical (unpaired) electrons. The van der Waals surface area contributed by atoms with Gasteiger partial charge in [-0.25, -0.2) is 0 Å². The second-order valence-corrected chi connectivity index (χ2v) is 9.96. The van der Waals surface area contributed by atoms with Gasteiger partial charge in [0.05, 0.1) is 29.6 Å². The minimum atomic E-state index is -0.0217. The van der Waals surface area contributed by atoms with Crippen LogP contribution in [0.1, 0.15) is 47.6 Å². The molecule has 0 bridgehead atoms. The highest BCUT2D eigenvalue weighted by Gasteiger charge is 2.42. The molecule has 178 valence electrons. The van der Waals surface area contributed by atoms with Gasteiger partial charge in [0.2, 0.25) is 0 Å². The minimum absolute atomic E-state index is 0.0217. The number of thiocarbonyl (C=S) groups is 1. The summed E-state index contributed by atoms with van der Waals surface area (Å²) in [5.41, 5.74) is 5.93. The molecule has 1 N–H and O–H groups in total. The van der Waals surface area contributed by atoms with Crippen molar-refractivity contribution >= 4 is 28.1 Å². The monoisotopic (exact) mass is 482 g/mol. The highest BCUT2D eigenvalue weighted by atomic mass is 32.1. The zero-order valence-corrected chi connectivity index (χ0v) is 21.0. The molecule has 6 rings (SSSR count). The molecular weight excluding hydrogens is 452 g/mol. The van der Waals surface area contributed by atoms with E-state index in [1.165, 1.54) is 33.4 Å². The van der Waals surface area contributed by atoms with Crippen molar-refractivity contribution < 1.29 is 4.74 Å². The lowest BCUT2D eigenvalue weighted by molar-refractivity contribution is 0.0842. The molecule has 4 aromatic rings. The van der Waals surface area contributed by atoms with Crippen molar-refractivity contribution in [1.29, 1.82) is 0 Å². The van der Waals surface area contributed by atoms with E-state index in [9.17, 15) is 0 Å². The Hall–Kier alpha value is -3.22. The summed E-state index contributed by atoms with van der Waals surface area (Å²) in [5, 5.41) is 6.87. The summed E-state index contributed by atoms with van der Waals surface area (Å²) in [7, 11) is 0. The van der Waals surface area contributed by atoms with E-state index in [2.05, 4.69) is 83.2 Å². The van der Waals surface area contributed by atoms with E-state index in [0.717, 1.165) is 36.8 Å². The Kier molecular flexibility index (Phi) is 5.78. The minimum Gasteiger partial charge on any atom is -0.376 e. The summed E-state index contributed by atoms with van der Waals surface area (Å²) in [6, 6.07) is 23.6. The van der Waals surface area contributed by atoms with Crippen LogP contribution in [-0.4, -0.2) is 38.8 Å². The van der Waals surface area contributed by atoms with E-state index in [4.69, 9.17) is 21.9 Å². The Morgan fingerprint density at radius 2 is 1.89 bits per heavy atom. The van der Waals surface area contributed by atoms with Gasteiger partial charge in [0.25, 0.3) is 0 Å². The van der Waals surface area contributed by atoms with E-state index in [0.29, 0.717) is 0 Å². The maximum Gasteiger partial charge on any atom is 0.170 e. The maximum absolute atomic E-state index is 6.02. The molecule has 0 spiro atoms. The maximum atomic E-state index is 6.02. The smallest absolute Gasteiger partial charge is 0.170 e. The standard InChI is InChI=1S/C29H30N4OS/c1-19-17-24(20(2)33(19)26-14-7-10-21-9-3-4-12-23(21)26)28-27(25-13-5-6-15-30-25)31-29(35)32(28)18-22-11-8-16-34-22/h3-7,9-10,12-15,17,22,27-28H,8,11,16,18H2,1-2H3,(H,31,35). The molecular formula is C29H30N4OS. The van der Waals surface area contributed by atoms with Crippen molar-refractivity contribution in [3.63, 3.8) is 0 Å². The molecule has 2 aliphatic heterocycles. The molecule has 0 saturated carbocycles. The number of fused-ring (bicyclic) bond motifs is 1. The fourth-order valence-electron chi connectivity index (χ4n) is 5.81. The lowest BCUT2D eigenvalue weighted by Crippen LogP contribution is -2.36. The van der Waals surface area contributed by atoms with Crippen LogP contribution in [0.15, 0.2) is 72.9 Å². The van der Waals surface area contributed by atoms with Gasteiger partial charge < -0.3 is 19.5 Å². The molecule has 3 atom stereocenters. The lowest BCUT2D eigenvalue weighted by atomic mass is 9.96. The molecule has 2 fully saturated rings. The molecule has 0 amide bonds. The Morgan fingerprint density at radius 3 is 2.69 bits per heavy atom. The molecule has 2 aliphatic rings. The van der Waals surface area contributed by atoms with Crippen molar-refractivity contribution in [2.45, 2.75) is 44.9 Å². The van der Waals surface area contributed by atoms with Crippen molar-refractivity contribution in [2.24, 2.45) is 0 Å². The van der Waals surface area contributed by atoms with E-state index in [1.54, 1.807) is 0 Å². The van der Waals surface area contributed by atoms with E-state index in [1.807, 2.05) is 18.3 Å². The molecule has 2 saturated heterocycles. The topological polar surface area (TPSA) is 42.3 Å². The third kappa shape index (κ3) is 3.91. The molecule has 4 heterocycles. The van der Waals surface area contributed by atoms with Crippen LogP contribution in [-0.2, 0) is 4.74 Å². The molecule has 35 heavy (non-hydrogen) atoms. The van der Waals surface area contributed by atoms with Crippen LogP contribution in [0, 0.1) is 13.8 Å². The Morgan fingerprint density at radius 1 is 1.06 bits per heavy atom. The quantitative estimate of drug-likeness (QED) is 0.365. The number of rotatable bonds is 5. The molecule has 0 aliphatic carbocycles. The summed E-state index contributed by atoms with van der Waals surface area (Å²) in [5.74, 6) is 0. The van der Waals surface area contributed by atoms with Crippen LogP contribution in [0.4, 0.5) is 0 Å². The van der Waals surface area contributed by atoms with Gasteiger partial charge in [-0.15, -0.1) is 0 Å². The number of benzene rings is 2. The zero-order valence-electron chi connectivity index (χ0n) is 20.1. The summed E-state index contributed by atoms with van der Waals surface area (Å²) in [6.45, 7) is 6.05. The van der Waals surface area contributed by atoms with Gasteiger partial charge in [-0.1, -0.05) is 42.5 Å². The van der Waals surface area contributed by atoms with Gasteiger partial charge in [0.1, 0.15) is 0 Å². The highest BCUT2D eigenvalue weighted by Crippen LogP contribution is 2.42. The average Bonchev–Trinajstić information content (AvgIpc) is 3.58. The average molecular weight is 483 g/mol. The normalized spacial score (nSPS) is 22.2. The Bertz CT molecular complexity index is 1370. The number of aromatic nitrogens is 2. The van der Waals surface area contributed by atoms with Crippen LogP contribution in [0.25, 0.3) is 16.5 Å². The van der Waals surface area contributed by atoms with Crippen LogP contribution >= 0.6 is 12.2 Å². The largest absolute Gasteiger partial charge is 0.376 e. The van der Waals surface area contributed by atoms with Crippen LogP contribution in [0.5, 0.6) is 0 Å². The van der Waals surface area contributed by atoms with Gasteiger partial charge in [0, 0.05) is 36.1 Å². The van der Waals surface area contributed by atoms with Crippen LogP contribution in [0.2, 0.25) is 0 Å². The molecule has 5 nitrogen and oxygen atoms in total. The number of aryl methyl sites for hydroxylation is 1. The first-order valence-corrected chi connectivity index (χ1v) is 12.8. The molecule has 2 aromatic carbocycles. The first kappa shape index (κ1) is 22.3. The van der Waals surface area contributed by atoms with Crippen LogP contribution in [0.3, 0.4) is 0 Å². The molecule has 3 unspecified atom stereocenters. The highest BCUT2D eigenvalue weighted by molar-refractivity contribution is 7.80. The fraction of sp³-hybridized carbons (Fsp3) is 0.310. The lowest BCUT2D eigenvalue weighted by Gasteiger charge is -2.30. The van der Waals surface area contributed by atoms with Crippen LogP contribution < -0.4 is 5.32 Å². The summed E-state index contributed by atoms with van der Waals surface area (Å²) in [6.07, 6.45) is 4.26. The Balaban J connectivity index is 1.48. The van der Waals surface area contributed by atoms with Crippen molar-refractivity contribution in [3.8, 4) is 5.69 Å². The number of hydrogen-bond donors (Lipinski definition) is 1. The number of pyridine rings is 1. The van der Waals surface area contributed by atoms with Gasteiger partial charge in [-0.3, -0.25) is 4.98 Å². The van der Waals surface area contributed by atoms with Gasteiger partial charge in [-0.2, -0.15) is 0 Å². The summed E-state index contributed by atoms with van der Waals surface area (Å²) >= 11 is 5.89. The van der Waals surface area contributed by atoms with E-state index < -0.39 is 0 Å². The zero-order chi connectivity index (χ0) is 23.9. The Labute approximate surface area is 211 Å². The summed E-state index contributed by atoms with van der Waals surface area (Å²) < 4.78 is 8.40. The molecule has 2 aromatic heterocycles. The number of hydrogen-bond acceptors (Lipinski definition) is 3. The van der Waals surface area contributed by atoms with Gasteiger partial charge in [0.15, 0.2) is 5.11 Å². The fourth-order valence-corrected chi connectivity index (χ4v) is 6.12. The predicted octanol–water partition coefficient (Wildman–Crippen LogP) is 5.79. The molecule has 6 heteroatoms. The van der Waals surface area contributed by atoms with Crippen molar-refractivity contribution in [1.82, 2.24) is 19.8 Å². The van der Waals surface area contributed by atoms with E-state index in [-0.39, 0.29) is 18.2 Å². The van der Waals surface area contributed by atoms with E-state index >= 15 is 0 Å². The third-order valence-electron chi connectivity index (χ3n) is 7.42. The third-order valence-corrected chi connectivity index (χ3v) is 7.77. The van der Waals surface area contributed by atoms with Gasteiger partial charge >= 0.3 is 0 Å². The first-order chi connectivity index (χ1) is 17.1. The summed E-state index contributed by atoms with van der Waals surface area (Å²) in [4.78, 5) is 7.04. The van der Waals surface area contributed by atoms with Crippen molar-refractivity contribution in [3.05, 3.63) is 95.6 Å². The van der Waals surface area contributed by atoms with Crippen molar-refractivity contribution in [2.75, 3.05) is 13.2 Å². The van der Waals surface area contributed by atoms with Gasteiger partial charge in [-0.05, 0) is 74.1 Å². The first-order valence-electron chi connectivity index (χ1n) is 12.4. The number of ether oxygens (including phenoxy) is 1. The second-order valence-electron chi connectivity index (χ2n) is 9.57. The number of nitrogens with one attached hydrogen (secondary N) is 1. The SMILES string of the molecule is Cc1cc(C2C(c3ccccn3)NC(=S)N2CC2CCCO2)c(C)n1-c1cccc2ccccc12. The second kappa shape index (κ2) is 9.10. The number of nitrogens with zero attached hydrogens (tertiary/aromatic N) is 3. The predicted molar refractivity (Wildman–Crippen MR) is 144 cm³/mol.